The van der Waals surface area contributed by atoms with Crippen LogP contribution in [0, 0.1) is 18.6 Å². The summed E-state index contributed by atoms with van der Waals surface area (Å²) in [4.78, 5) is 9.01. The molecule has 0 radical (unpaired) electrons. The first kappa shape index (κ1) is 22.2. The molecule has 0 aliphatic heterocycles. The minimum atomic E-state index is -0.423. The molecule has 0 bridgehead atoms. The molecule has 4 aromatic rings. The molecule has 6 heteroatoms. The molecular weight excluding hydrogens is 432 g/mol. The minimum Gasteiger partial charge on any atom is -0.437 e. The monoisotopic (exact) mass is 457 g/mol. The smallest absolute Gasteiger partial charge is 0.220 e. The van der Waals surface area contributed by atoms with Gasteiger partial charge in [0, 0.05) is 35.0 Å². The van der Waals surface area contributed by atoms with Gasteiger partial charge in [0.05, 0.1) is 11.9 Å². The molecule has 0 unspecified atom stereocenters. The molecule has 4 nitrogen and oxygen atoms in total. The van der Waals surface area contributed by atoms with Crippen LogP contribution in [0.1, 0.15) is 34.9 Å². The number of hydrogen-bond donors (Lipinski definition) is 1. The van der Waals surface area contributed by atoms with Gasteiger partial charge < -0.3 is 10.5 Å². The Labute approximate surface area is 197 Å². The summed E-state index contributed by atoms with van der Waals surface area (Å²) in [6.07, 6.45) is 3.84. The summed E-state index contributed by atoms with van der Waals surface area (Å²) >= 11 is 0. The van der Waals surface area contributed by atoms with E-state index < -0.39 is 5.82 Å². The Morgan fingerprint density at radius 1 is 1.00 bits per heavy atom. The molecule has 1 aliphatic carbocycles. The van der Waals surface area contributed by atoms with Crippen molar-refractivity contribution in [1.82, 2.24) is 9.97 Å². The number of pyridine rings is 2. The van der Waals surface area contributed by atoms with Crippen LogP contribution in [0.4, 0.5) is 8.78 Å². The van der Waals surface area contributed by atoms with Gasteiger partial charge in [0.2, 0.25) is 5.88 Å². The average molecular weight is 458 g/mol. The highest BCUT2D eigenvalue weighted by Crippen LogP contribution is 2.44. The number of nitrogens with zero attached hydrogens (tertiary/aromatic N) is 2. The van der Waals surface area contributed by atoms with Crippen LogP contribution >= 0.6 is 0 Å². The lowest BCUT2D eigenvalue weighted by molar-refractivity contribution is 0.460. The van der Waals surface area contributed by atoms with Crippen molar-refractivity contribution in [2.75, 3.05) is 0 Å². The number of benzene rings is 2. The third kappa shape index (κ3) is 3.94. The van der Waals surface area contributed by atoms with Crippen molar-refractivity contribution in [3.63, 3.8) is 0 Å². The second kappa shape index (κ2) is 8.95. The maximum atomic E-state index is 15.5. The van der Waals surface area contributed by atoms with Gasteiger partial charge in [0.25, 0.3) is 0 Å². The first-order chi connectivity index (χ1) is 16.5. The first-order valence-electron chi connectivity index (χ1n) is 11.4. The second-order valence-electron chi connectivity index (χ2n) is 8.51. The van der Waals surface area contributed by atoms with E-state index in [2.05, 4.69) is 4.98 Å². The van der Waals surface area contributed by atoms with Crippen LogP contribution < -0.4 is 10.5 Å². The van der Waals surface area contributed by atoms with Gasteiger partial charge in [-0.05, 0) is 78.8 Å². The number of aryl methyl sites for hydroxylation is 3. The van der Waals surface area contributed by atoms with Crippen molar-refractivity contribution in [1.29, 1.82) is 0 Å². The van der Waals surface area contributed by atoms with Gasteiger partial charge >= 0.3 is 0 Å². The van der Waals surface area contributed by atoms with E-state index in [1.807, 2.05) is 32.0 Å². The summed E-state index contributed by atoms with van der Waals surface area (Å²) in [5.41, 5.74) is 12.3. The molecule has 34 heavy (non-hydrogen) atoms. The molecule has 172 valence electrons. The number of halogens is 2. The lowest BCUT2D eigenvalue weighted by Crippen LogP contribution is -2.11. The van der Waals surface area contributed by atoms with E-state index in [1.165, 1.54) is 6.07 Å². The van der Waals surface area contributed by atoms with Crippen molar-refractivity contribution in [2.45, 2.75) is 39.7 Å². The van der Waals surface area contributed by atoms with Crippen molar-refractivity contribution in [3.05, 3.63) is 94.3 Å². The van der Waals surface area contributed by atoms with E-state index in [1.54, 1.807) is 30.5 Å². The Bertz CT molecular complexity index is 1380. The minimum absolute atomic E-state index is 0.0677. The van der Waals surface area contributed by atoms with E-state index in [-0.39, 0.29) is 12.4 Å². The van der Waals surface area contributed by atoms with Crippen LogP contribution in [0.3, 0.4) is 0 Å². The number of fused-ring (bicyclic) bond motifs is 3. The summed E-state index contributed by atoms with van der Waals surface area (Å²) in [7, 11) is 0. The zero-order valence-electron chi connectivity index (χ0n) is 19.2. The molecule has 2 aromatic carbocycles. The average Bonchev–Trinajstić information content (AvgIpc) is 2.84. The largest absolute Gasteiger partial charge is 0.437 e. The van der Waals surface area contributed by atoms with E-state index in [4.69, 9.17) is 15.5 Å². The lowest BCUT2D eigenvalue weighted by atomic mass is 9.81. The van der Waals surface area contributed by atoms with Gasteiger partial charge in [-0.3, -0.25) is 4.98 Å². The molecule has 2 aromatic heterocycles. The van der Waals surface area contributed by atoms with Gasteiger partial charge in [-0.1, -0.05) is 19.1 Å². The van der Waals surface area contributed by atoms with Gasteiger partial charge in [0.1, 0.15) is 17.4 Å². The Hall–Kier alpha value is -3.64. The first-order valence-corrected chi connectivity index (χ1v) is 11.4. The van der Waals surface area contributed by atoms with Crippen molar-refractivity contribution < 1.29 is 13.5 Å². The topological polar surface area (TPSA) is 61.0 Å². The maximum Gasteiger partial charge on any atom is 0.220 e. The van der Waals surface area contributed by atoms with Crippen molar-refractivity contribution >= 4 is 0 Å². The number of ether oxygens (including phenoxy) is 1. The fourth-order valence-electron chi connectivity index (χ4n) is 4.66. The van der Waals surface area contributed by atoms with Crippen molar-refractivity contribution in [3.8, 4) is 34.0 Å². The number of nitrogens with two attached hydrogens (primary N) is 1. The van der Waals surface area contributed by atoms with Gasteiger partial charge in [-0.25, -0.2) is 13.8 Å². The predicted molar refractivity (Wildman–Crippen MR) is 129 cm³/mol. The number of aromatic nitrogens is 2. The van der Waals surface area contributed by atoms with Crippen LogP contribution in [0.15, 0.2) is 54.7 Å². The maximum absolute atomic E-state index is 15.5. The molecule has 0 spiro atoms. The lowest BCUT2D eigenvalue weighted by Gasteiger charge is -2.25. The fraction of sp³-hybridized carbons (Fsp3) is 0.214. The molecule has 0 saturated heterocycles. The summed E-state index contributed by atoms with van der Waals surface area (Å²) < 4.78 is 36.1. The Balaban J connectivity index is 1.75. The highest BCUT2D eigenvalue weighted by Gasteiger charge is 2.27. The Morgan fingerprint density at radius 2 is 1.85 bits per heavy atom. The molecule has 0 fully saturated rings. The Morgan fingerprint density at radius 3 is 2.59 bits per heavy atom. The molecule has 5 rings (SSSR count). The predicted octanol–water partition coefficient (Wildman–Crippen LogP) is 6.31. The molecule has 0 amide bonds. The Kier molecular flexibility index (Phi) is 5.84. The van der Waals surface area contributed by atoms with Crippen LogP contribution in [0.5, 0.6) is 11.6 Å². The summed E-state index contributed by atoms with van der Waals surface area (Å²) in [5, 5.41) is 0. The SMILES string of the molecule is CCc1cc(F)cc2c1CCc1cc(Oc3ccc(C)nc3)nc(-c3cccc(CN)c3F)c1-2. The second-order valence-corrected chi connectivity index (χ2v) is 8.51. The van der Waals surface area contributed by atoms with Crippen LogP contribution in [-0.4, -0.2) is 9.97 Å². The van der Waals surface area contributed by atoms with Crippen LogP contribution in [0.25, 0.3) is 22.4 Å². The highest BCUT2D eigenvalue weighted by atomic mass is 19.1. The van der Waals surface area contributed by atoms with Gasteiger partial charge in [-0.15, -0.1) is 0 Å². The standard InChI is InChI=1S/C28H25F2N3O/c1-3-17-11-20(29)13-24-22(17)10-8-18-12-25(34-21-9-7-16(2)32-15-21)33-28(26(18)24)23-6-4-5-19(14-31)27(23)30/h4-7,9,11-13,15H,3,8,10,14,31H2,1-2H3. The molecule has 1 aliphatic rings. The van der Waals surface area contributed by atoms with Crippen LogP contribution in [0.2, 0.25) is 0 Å². The normalized spacial score (nSPS) is 12.3. The molecule has 2 heterocycles. The van der Waals surface area contributed by atoms with Gasteiger partial charge in [0.15, 0.2) is 0 Å². The van der Waals surface area contributed by atoms with E-state index in [0.717, 1.165) is 52.8 Å². The van der Waals surface area contributed by atoms with E-state index in [9.17, 15) is 4.39 Å². The summed E-state index contributed by atoms with van der Waals surface area (Å²) in [6.45, 7) is 3.98. The zero-order valence-corrected chi connectivity index (χ0v) is 19.2. The highest BCUT2D eigenvalue weighted by molar-refractivity contribution is 5.87. The molecular formula is C28H25F2N3O. The summed E-state index contributed by atoms with van der Waals surface area (Å²) in [5.74, 6) is 0.146. The number of hydrogen-bond acceptors (Lipinski definition) is 4. The third-order valence-corrected chi connectivity index (χ3v) is 6.34. The zero-order chi connectivity index (χ0) is 23.8. The molecule has 0 saturated carbocycles. The fourth-order valence-corrected chi connectivity index (χ4v) is 4.66. The summed E-state index contributed by atoms with van der Waals surface area (Å²) in [6, 6.07) is 13.8. The van der Waals surface area contributed by atoms with Crippen molar-refractivity contribution in [2.24, 2.45) is 5.73 Å². The van der Waals surface area contributed by atoms with Gasteiger partial charge in [-0.2, -0.15) is 0 Å². The van der Waals surface area contributed by atoms with E-state index in [0.29, 0.717) is 28.5 Å². The quantitative estimate of drug-likeness (QED) is 0.382. The third-order valence-electron chi connectivity index (χ3n) is 6.34. The van der Waals surface area contributed by atoms with Crippen LogP contribution in [-0.2, 0) is 25.8 Å². The number of rotatable bonds is 5. The molecule has 2 N–H and O–H groups in total. The molecule has 0 atom stereocenters. The van der Waals surface area contributed by atoms with E-state index >= 15 is 4.39 Å².